The van der Waals surface area contributed by atoms with Gasteiger partial charge in [0.25, 0.3) is 11.7 Å². The molecule has 0 saturated carbocycles. The second-order valence-corrected chi connectivity index (χ2v) is 8.74. The number of aliphatic hydroxyl groups is 1. The van der Waals surface area contributed by atoms with Crippen molar-refractivity contribution in [3.05, 3.63) is 64.7 Å². The number of phenols is 1. The number of methoxy groups -OCH3 is 2. The Bertz CT molecular complexity index is 1050. The average Bonchev–Trinajstić information content (AvgIpc) is 3.01. The summed E-state index contributed by atoms with van der Waals surface area (Å²) < 4.78 is 10.6. The maximum Gasteiger partial charge on any atom is 0.295 e. The van der Waals surface area contributed by atoms with Crippen molar-refractivity contribution in [3.63, 3.8) is 0 Å². The molecule has 2 aromatic carbocycles. The molecule has 1 atom stereocenters. The fraction of sp³-hybridized carbons (Fsp3) is 0.360. The Hall–Kier alpha value is -3.32. The normalized spacial score (nSPS) is 18.3. The van der Waals surface area contributed by atoms with E-state index in [4.69, 9.17) is 9.47 Å². The Morgan fingerprint density at radius 3 is 2.28 bits per heavy atom. The summed E-state index contributed by atoms with van der Waals surface area (Å²) in [5.41, 5.74) is 1.64. The molecule has 1 aliphatic heterocycles. The SMILES string of the molecule is COCCN1C(=O)C(=O)/C(=C(/O)c2cc(C(C)(C)C)ccc2OC)C1c1ccc(O)cc1. The van der Waals surface area contributed by atoms with Gasteiger partial charge < -0.3 is 24.6 Å². The highest BCUT2D eigenvalue weighted by Crippen LogP contribution is 2.42. The van der Waals surface area contributed by atoms with Crippen LogP contribution in [0.4, 0.5) is 0 Å². The van der Waals surface area contributed by atoms with Crippen molar-refractivity contribution in [2.24, 2.45) is 0 Å². The van der Waals surface area contributed by atoms with E-state index >= 15 is 0 Å². The standard InChI is InChI=1S/C25H29NO6/c1-25(2,3)16-8-11-19(32-5)18(14-16)22(28)20-21(15-6-9-17(27)10-7-15)26(12-13-31-4)24(30)23(20)29/h6-11,14,21,27-28H,12-13H2,1-5H3/b22-20+. The van der Waals surface area contributed by atoms with Crippen molar-refractivity contribution in [3.8, 4) is 11.5 Å². The number of aliphatic hydroxyl groups excluding tert-OH is 1. The molecule has 1 fully saturated rings. The van der Waals surface area contributed by atoms with E-state index in [0.29, 0.717) is 16.9 Å². The first-order valence-corrected chi connectivity index (χ1v) is 10.3. The van der Waals surface area contributed by atoms with Gasteiger partial charge in [0.05, 0.1) is 30.9 Å². The van der Waals surface area contributed by atoms with Gasteiger partial charge in [0.2, 0.25) is 0 Å². The highest BCUT2D eigenvalue weighted by Gasteiger charge is 2.46. The number of Topliss-reactive ketones (excluding diaryl/α,β-unsaturated/α-hetero) is 1. The number of nitrogens with zero attached hydrogens (tertiary/aromatic N) is 1. The van der Waals surface area contributed by atoms with E-state index in [-0.39, 0.29) is 35.6 Å². The molecule has 7 nitrogen and oxygen atoms in total. The molecule has 0 bridgehead atoms. The van der Waals surface area contributed by atoms with E-state index in [0.717, 1.165) is 5.56 Å². The number of carbonyl (C=O) groups excluding carboxylic acids is 2. The molecule has 1 amide bonds. The Morgan fingerprint density at radius 1 is 1.06 bits per heavy atom. The van der Waals surface area contributed by atoms with Crippen molar-refractivity contribution in [1.29, 1.82) is 0 Å². The molecule has 32 heavy (non-hydrogen) atoms. The lowest BCUT2D eigenvalue weighted by Gasteiger charge is -2.25. The number of rotatable bonds is 6. The van der Waals surface area contributed by atoms with Crippen LogP contribution in [0, 0.1) is 0 Å². The van der Waals surface area contributed by atoms with Crippen LogP contribution in [0.3, 0.4) is 0 Å². The second kappa shape index (κ2) is 9.04. The maximum absolute atomic E-state index is 13.1. The number of phenolic OH excluding ortho intramolecular Hbond substituents is 1. The van der Waals surface area contributed by atoms with Crippen LogP contribution < -0.4 is 4.74 Å². The van der Waals surface area contributed by atoms with Gasteiger partial charge in [-0.25, -0.2) is 0 Å². The van der Waals surface area contributed by atoms with Crippen LogP contribution in [0.15, 0.2) is 48.0 Å². The Labute approximate surface area is 187 Å². The first kappa shape index (κ1) is 23.3. The lowest BCUT2D eigenvalue weighted by molar-refractivity contribution is -0.140. The summed E-state index contributed by atoms with van der Waals surface area (Å²) in [5, 5.41) is 21.1. The Morgan fingerprint density at radius 2 is 1.72 bits per heavy atom. The van der Waals surface area contributed by atoms with Gasteiger partial charge >= 0.3 is 0 Å². The lowest BCUT2D eigenvalue weighted by atomic mass is 9.85. The number of carbonyl (C=O) groups is 2. The number of hydrogen-bond donors (Lipinski definition) is 2. The van der Waals surface area contributed by atoms with Crippen molar-refractivity contribution < 1.29 is 29.3 Å². The Balaban J connectivity index is 2.25. The van der Waals surface area contributed by atoms with E-state index in [2.05, 4.69) is 0 Å². The molecule has 7 heteroatoms. The fourth-order valence-corrected chi connectivity index (χ4v) is 3.81. The summed E-state index contributed by atoms with van der Waals surface area (Å²) in [6.07, 6.45) is 0. The third-order valence-electron chi connectivity index (χ3n) is 5.61. The molecular weight excluding hydrogens is 410 g/mol. The number of aromatic hydroxyl groups is 1. The summed E-state index contributed by atoms with van der Waals surface area (Å²) in [6, 6.07) is 10.8. The maximum atomic E-state index is 13.1. The van der Waals surface area contributed by atoms with Crippen molar-refractivity contribution in [2.75, 3.05) is 27.4 Å². The predicted molar refractivity (Wildman–Crippen MR) is 121 cm³/mol. The minimum atomic E-state index is -0.825. The average molecular weight is 440 g/mol. The molecule has 2 N–H and O–H groups in total. The first-order valence-electron chi connectivity index (χ1n) is 10.3. The van der Waals surface area contributed by atoms with Gasteiger partial charge in [0, 0.05) is 13.7 Å². The van der Waals surface area contributed by atoms with Gasteiger partial charge in [0.15, 0.2) is 0 Å². The van der Waals surface area contributed by atoms with E-state index < -0.39 is 17.7 Å². The largest absolute Gasteiger partial charge is 0.508 e. The molecule has 1 aliphatic rings. The highest BCUT2D eigenvalue weighted by atomic mass is 16.5. The molecule has 2 aromatic rings. The van der Waals surface area contributed by atoms with Crippen LogP contribution in [-0.2, 0) is 19.7 Å². The molecule has 0 radical (unpaired) electrons. The molecule has 3 rings (SSSR count). The first-order chi connectivity index (χ1) is 15.1. The molecular formula is C25H29NO6. The van der Waals surface area contributed by atoms with Crippen LogP contribution in [0.2, 0.25) is 0 Å². The van der Waals surface area contributed by atoms with Crippen molar-refractivity contribution in [1.82, 2.24) is 4.90 Å². The van der Waals surface area contributed by atoms with Gasteiger partial charge in [0.1, 0.15) is 17.3 Å². The number of hydrogen-bond acceptors (Lipinski definition) is 6. The molecule has 0 aromatic heterocycles. The van der Waals surface area contributed by atoms with Gasteiger partial charge in [-0.05, 0) is 40.8 Å². The Kier molecular flexibility index (Phi) is 6.60. The van der Waals surface area contributed by atoms with E-state index in [1.54, 1.807) is 24.3 Å². The monoisotopic (exact) mass is 439 g/mol. The zero-order valence-electron chi connectivity index (χ0n) is 19.0. The zero-order chi connectivity index (χ0) is 23.6. The van der Waals surface area contributed by atoms with Crippen LogP contribution in [0.25, 0.3) is 5.76 Å². The number of ether oxygens (including phenoxy) is 2. The summed E-state index contributed by atoms with van der Waals surface area (Å²) in [4.78, 5) is 27.3. The van der Waals surface area contributed by atoms with Gasteiger partial charge in [-0.2, -0.15) is 0 Å². The topological polar surface area (TPSA) is 96.3 Å². The fourth-order valence-electron chi connectivity index (χ4n) is 3.81. The van der Waals surface area contributed by atoms with Crippen LogP contribution in [0.5, 0.6) is 11.5 Å². The minimum Gasteiger partial charge on any atom is -0.508 e. The van der Waals surface area contributed by atoms with Crippen LogP contribution in [-0.4, -0.2) is 54.2 Å². The summed E-state index contributed by atoms with van der Waals surface area (Å²) >= 11 is 0. The molecule has 0 aliphatic carbocycles. The second-order valence-electron chi connectivity index (χ2n) is 8.74. The van der Waals surface area contributed by atoms with Gasteiger partial charge in [-0.15, -0.1) is 0 Å². The van der Waals surface area contributed by atoms with Gasteiger partial charge in [-0.3, -0.25) is 9.59 Å². The van der Waals surface area contributed by atoms with Gasteiger partial charge in [-0.1, -0.05) is 39.0 Å². The summed E-state index contributed by atoms with van der Waals surface area (Å²) in [5.74, 6) is -1.35. The van der Waals surface area contributed by atoms with E-state index in [9.17, 15) is 19.8 Å². The summed E-state index contributed by atoms with van der Waals surface area (Å²) in [6.45, 7) is 6.52. The quantitative estimate of drug-likeness (QED) is 0.404. The number of benzene rings is 2. The predicted octanol–water partition coefficient (Wildman–Crippen LogP) is 3.77. The molecule has 1 saturated heterocycles. The molecule has 170 valence electrons. The van der Waals surface area contributed by atoms with Crippen LogP contribution in [0.1, 0.15) is 43.5 Å². The third kappa shape index (κ3) is 4.34. The third-order valence-corrected chi connectivity index (χ3v) is 5.61. The lowest BCUT2D eigenvalue weighted by Crippen LogP contribution is -2.32. The zero-order valence-corrected chi connectivity index (χ0v) is 19.0. The minimum absolute atomic E-state index is 0.0267. The number of amides is 1. The smallest absolute Gasteiger partial charge is 0.295 e. The molecule has 1 heterocycles. The van der Waals surface area contributed by atoms with Crippen molar-refractivity contribution in [2.45, 2.75) is 32.2 Å². The van der Waals surface area contributed by atoms with Crippen LogP contribution >= 0.6 is 0 Å². The molecule has 1 unspecified atom stereocenters. The number of likely N-dealkylation sites (tertiary alicyclic amines) is 1. The van der Waals surface area contributed by atoms with E-state index in [1.807, 2.05) is 26.8 Å². The molecule has 0 spiro atoms. The van der Waals surface area contributed by atoms with E-state index in [1.165, 1.54) is 31.3 Å². The highest BCUT2D eigenvalue weighted by molar-refractivity contribution is 6.46. The van der Waals surface area contributed by atoms with Crippen molar-refractivity contribution >= 4 is 17.4 Å². The number of ketones is 1. The summed E-state index contributed by atoms with van der Waals surface area (Å²) in [7, 11) is 2.99.